The molecule has 1 aliphatic rings. The Kier molecular flexibility index (Phi) is 5.96. The van der Waals surface area contributed by atoms with E-state index >= 15 is 0 Å². The molecule has 0 amide bonds. The average molecular weight is 255 g/mol. The topological polar surface area (TPSA) is 29.3 Å². The number of benzene rings is 1. The number of likely N-dealkylation sites (tertiary alicyclic amines) is 1. The minimum atomic E-state index is 0. The zero-order valence-corrected chi connectivity index (χ0v) is 11.4. The second-order valence-corrected chi connectivity index (χ2v) is 4.91. The number of halogens is 1. The number of hydrogen-bond donors (Lipinski definition) is 1. The molecule has 0 radical (unpaired) electrons. The van der Waals surface area contributed by atoms with Crippen molar-refractivity contribution in [1.82, 2.24) is 4.90 Å². The predicted octanol–water partition coefficient (Wildman–Crippen LogP) is 2.59. The van der Waals surface area contributed by atoms with Crippen LogP contribution in [-0.4, -0.2) is 24.5 Å². The van der Waals surface area contributed by atoms with Gasteiger partial charge in [0.1, 0.15) is 0 Å². The van der Waals surface area contributed by atoms with Gasteiger partial charge in [0.05, 0.1) is 0 Å². The van der Waals surface area contributed by atoms with Gasteiger partial charge in [0, 0.05) is 13.1 Å². The lowest BCUT2D eigenvalue weighted by atomic mass is 9.97. The number of hydrogen-bond acceptors (Lipinski definition) is 2. The van der Waals surface area contributed by atoms with Crippen LogP contribution in [0.25, 0.3) is 0 Å². The molecule has 1 atom stereocenters. The van der Waals surface area contributed by atoms with Gasteiger partial charge < -0.3 is 5.73 Å². The SMILES string of the molecule is Cc1ccccc1CN1CCCC(CN)C1.Cl. The Bertz CT molecular complexity index is 341. The maximum Gasteiger partial charge on any atom is 0.0236 e. The number of nitrogens with two attached hydrogens (primary N) is 1. The normalized spacial score (nSPS) is 20.9. The standard InChI is InChI=1S/C14H22N2.ClH/c1-12-5-2-3-7-14(12)11-16-8-4-6-13(9-15)10-16;/h2-3,5,7,13H,4,6,8-11,15H2,1H3;1H. The van der Waals surface area contributed by atoms with E-state index in [9.17, 15) is 0 Å². The van der Waals surface area contributed by atoms with Crippen LogP contribution in [0.5, 0.6) is 0 Å². The summed E-state index contributed by atoms with van der Waals surface area (Å²) in [5, 5.41) is 0. The molecule has 2 rings (SSSR count). The summed E-state index contributed by atoms with van der Waals surface area (Å²) in [6, 6.07) is 8.67. The monoisotopic (exact) mass is 254 g/mol. The molecule has 2 N–H and O–H groups in total. The van der Waals surface area contributed by atoms with Crippen molar-refractivity contribution in [3.8, 4) is 0 Å². The van der Waals surface area contributed by atoms with Gasteiger partial charge in [0.15, 0.2) is 0 Å². The fourth-order valence-electron chi connectivity index (χ4n) is 2.52. The number of nitrogens with zero attached hydrogens (tertiary/aromatic N) is 1. The molecule has 0 spiro atoms. The molecule has 0 aromatic heterocycles. The average Bonchev–Trinajstić information content (AvgIpc) is 2.32. The maximum atomic E-state index is 5.76. The summed E-state index contributed by atoms with van der Waals surface area (Å²) in [4.78, 5) is 2.54. The van der Waals surface area contributed by atoms with E-state index in [-0.39, 0.29) is 12.4 Å². The Labute approximate surface area is 111 Å². The zero-order chi connectivity index (χ0) is 11.4. The van der Waals surface area contributed by atoms with Crippen LogP contribution in [0.1, 0.15) is 24.0 Å². The Hall–Kier alpha value is -0.570. The highest BCUT2D eigenvalue weighted by Crippen LogP contribution is 2.18. The van der Waals surface area contributed by atoms with Crippen molar-refractivity contribution in [3.05, 3.63) is 35.4 Å². The van der Waals surface area contributed by atoms with Crippen molar-refractivity contribution in [1.29, 1.82) is 0 Å². The fourth-order valence-corrected chi connectivity index (χ4v) is 2.52. The van der Waals surface area contributed by atoms with Gasteiger partial charge in [-0.1, -0.05) is 24.3 Å². The van der Waals surface area contributed by atoms with Crippen molar-refractivity contribution in [2.45, 2.75) is 26.3 Å². The fraction of sp³-hybridized carbons (Fsp3) is 0.571. The highest BCUT2D eigenvalue weighted by atomic mass is 35.5. The summed E-state index contributed by atoms with van der Waals surface area (Å²) in [5.41, 5.74) is 8.62. The smallest absolute Gasteiger partial charge is 0.0236 e. The van der Waals surface area contributed by atoms with Crippen LogP contribution in [0.4, 0.5) is 0 Å². The minimum Gasteiger partial charge on any atom is -0.330 e. The molecule has 17 heavy (non-hydrogen) atoms. The van der Waals surface area contributed by atoms with E-state index in [1.807, 2.05) is 0 Å². The summed E-state index contributed by atoms with van der Waals surface area (Å²) in [7, 11) is 0. The van der Waals surface area contributed by atoms with Crippen LogP contribution in [0.2, 0.25) is 0 Å². The highest BCUT2D eigenvalue weighted by molar-refractivity contribution is 5.85. The molecule has 0 aliphatic carbocycles. The largest absolute Gasteiger partial charge is 0.330 e. The number of rotatable bonds is 3. The van der Waals surface area contributed by atoms with Crippen LogP contribution in [0, 0.1) is 12.8 Å². The first kappa shape index (κ1) is 14.5. The third-order valence-electron chi connectivity index (χ3n) is 3.59. The molecular weight excluding hydrogens is 232 g/mol. The third-order valence-corrected chi connectivity index (χ3v) is 3.59. The van der Waals surface area contributed by atoms with E-state index in [0.29, 0.717) is 5.92 Å². The van der Waals surface area contributed by atoms with Crippen molar-refractivity contribution in [2.75, 3.05) is 19.6 Å². The zero-order valence-electron chi connectivity index (χ0n) is 10.6. The summed E-state index contributed by atoms with van der Waals surface area (Å²) in [5.74, 6) is 0.706. The quantitative estimate of drug-likeness (QED) is 0.899. The Morgan fingerprint density at radius 2 is 2.12 bits per heavy atom. The first-order valence-corrected chi connectivity index (χ1v) is 6.26. The second-order valence-electron chi connectivity index (χ2n) is 4.91. The molecule has 1 fully saturated rings. The van der Waals surface area contributed by atoms with Crippen molar-refractivity contribution in [3.63, 3.8) is 0 Å². The van der Waals surface area contributed by atoms with Crippen molar-refractivity contribution >= 4 is 12.4 Å². The van der Waals surface area contributed by atoms with Gasteiger partial charge in [-0.3, -0.25) is 4.90 Å². The van der Waals surface area contributed by atoms with Crippen LogP contribution in [-0.2, 0) is 6.54 Å². The molecule has 2 nitrogen and oxygen atoms in total. The molecule has 96 valence electrons. The van der Waals surface area contributed by atoms with Gasteiger partial charge in [-0.15, -0.1) is 12.4 Å². The molecule has 1 saturated heterocycles. The molecule has 1 unspecified atom stereocenters. The summed E-state index contributed by atoms with van der Waals surface area (Å²) in [6.07, 6.45) is 2.61. The lowest BCUT2D eigenvalue weighted by Crippen LogP contribution is -2.37. The van der Waals surface area contributed by atoms with E-state index in [4.69, 9.17) is 5.73 Å². The van der Waals surface area contributed by atoms with Gasteiger partial charge in [-0.2, -0.15) is 0 Å². The van der Waals surface area contributed by atoms with Gasteiger partial charge in [-0.25, -0.2) is 0 Å². The molecule has 0 saturated carbocycles. The molecule has 1 aliphatic heterocycles. The molecule has 1 heterocycles. The molecule has 1 aromatic carbocycles. The number of piperidine rings is 1. The predicted molar refractivity (Wildman–Crippen MR) is 75.5 cm³/mol. The minimum absolute atomic E-state index is 0. The Morgan fingerprint density at radius 1 is 1.35 bits per heavy atom. The van der Waals surface area contributed by atoms with Crippen LogP contribution < -0.4 is 5.73 Å². The molecule has 0 bridgehead atoms. The first-order valence-electron chi connectivity index (χ1n) is 6.26. The molecule has 3 heteroatoms. The summed E-state index contributed by atoms with van der Waals surface area (Å²) >= 11 is 0. The lowest BCUT2D eigenvalue weighted by molar-refractivity contribution is 0.171. The van der Waals surface area contributed by atoms with Gasteiger partial charge in [0.25, 0.3) is 0 Å². The van der Waals surface area contributed by atoms with E-state index in [2.05, 4.69) is 36.1 Å². The van der Waals surface area contributed by atoms with Gasteiger partial charge in [-0.05, 0) is 49.9 Å². The van der Waals surface area contributed by atoms with Crippen LogP contribution in [0.15, 0.2) is 24.3 Å². The van der Waals surface area contributed by atoms with Crippen LogP contribution in [0.3, 0.4) is 0 Å². The Morgan fingerprint density at radius 3 is 2.82 bits per heavy atom. The van der Waals surface area contributed by atoms with Crippen molar-refractivity contribution in [2.24, 2.45) is 11.7 Å². The molecule has 1 aromatic rings. The number of aryl methyl sites for hydroxylation is 1. The Balaban J connectivity index is 0.00000144. The molecular formula is C14H23ClN2. The lowest BCUT2D eigenvalue weighted by Gasteiger charge is -2.32. The van der Waals surface area contributed by atoms with Gasteiger partial charge in [0.2, 0.25) is 0 Å². The van der Waals surface area contributed by atoms with E-state index in [0.717, 1.165) is 13.1 Å². The second kappa shape index (κ2) is 7.00. The van der Waals surface area contributed by atoms with Gasteiger partial charge >= 0.3 is 0 Å². The highest BCUT2D eigenvalue weighted by Gasteiger charge is 2.18. The summed E-state index contributed by atoms with van der Waals surface area (Å²) in [6.45, 7) is 6.52. The first-order chi connectivity index (χ1) is 7.79. The van der Waals surface area contributed by atoms with E-state index < -0.39 is 0 Å². The van der Waals surface area contributed by atoms with E-state index in [1.165, 1.54) is 37.1 Å². The van der Waals surface area contributed by atoms with E-state index in [1.54, 1.807) is 0 Å². The third kappa shape index (κ3) is 3.98. The van der Waals surface area contributed by atoms with Crippen LogP contribution >= 0.6 is 12.4 Å². The van der Waals surface area contributed by atoms with Crippen molar-refractivity contribution < 1.29 is 0 Å². The maximum absolute atomic E-state index is 5.76. The summed E-state index contributed by atoms with van der Waals surface area (Å²) < 4.78 is 0.